The van der Waals surface area contributed by atoms with E-state index in [-0.39, 0.29) is 11.9 Å². The van der Waals surface area contributed by atoms with Crippen LogP contribution in [0.4, 0.5) is 5.69 Å². The Morgan fingerprint density at radius 2 is 2.16 bits per heavy atom. The lowest BCUT2D eigenvalue weighted by Gasteiger charge is -2.15. The van der Waals surface area contributed by atoms with Gasteiger partial charge in [-0.05, 0) is 43.0 Å². The van der Waals surface area contributed by atoms with Crippen LogP contribution in [-0.4, -0.2) is 11.9 Å². The summed E-state index contributed by atoms with van der Waals surface area (Å²) in [6.07, 6.45) is 0. The molecule has 0 fully saturated rings. The standard InChI is InChI=1S/C15H18N2OS/c1-11-5-3-6-13(9-11)17-12(2)15(18)16-10-14-7-4-8-19-14/h3-9,12,17H,10H2,1-2H3,(H,16,18). The van der Waals surface area contributed by atoms with Crippen LogP contribution in [0.3, 0.4) is 0 Å². The summed E-state index contributed by atoms with van der Waals surface area (Å²) in [4.78, 5) is 13.1. The maximum atomic E-state index is 12.0. The molecule has 0 aliphatic rings. The van der Waals surface area contributed by atoms with Crippen molar-refractivity contribution < 1.29 is 4.79 Å². The number of thiophene rings is 1. The van der Waals surface area contributed by atoms with Crippen LogP contribution < -0.4 is 10.6 Å². The van der Waals surface area contributed by atoms with E-state index in [4.69, 9.17) is 0 Å². The molecule has 0 aliphatic carbocycles. The lowest BCUT2D eigenvalue weighted by Crippen LogP contribution is -2.37. The largest absolute Gasteiger partial charge is 0.374 e. The Balaban J connectivity index is 1.85. The first-order valence-corrected chi connectivity index (χ1v) is 7.16. The van der Waals surface area contributed by atoms with Crippen LogP contribution in [-0.2, 0) is 11.3 Å². The van der Waals surface area contributed by atoms with E-state index in [0.29, 0.717) is 6.54 Å². The van der Waals surface area contributed by atoms with Gasteiger partial charge in [0.15, 0.2) is 0 Å². The molecule has 4 heteroatoms. The highest BCUT2D eigenvalue weighted by Crippen LogP contribution is 2.11. The van der Waals surface area contributed by atoms with Gasteiger partial charge in [0.2, 0.25) is 5.91 Å². The van der Waals surface area contributed by atoms with Gasteiger partial charge in [0, 0.05) is 10.6 Å². The fourth-order valence-corrected chi connectivity index (χ4v) is 2.44. The van der Waals surface area contributed by atoms with Crippen molar-refractivity contribution in [1.82, 2.24) is 5.32 Å². The molecule has 0 saturated carbocycles. The number of hydrogen-bond donors (Lipinski definition) is 2. The molecule has 0 radical (unpaired) electrons. The van der Waals surface area contributed by atoms with Gasteiger partial charge in [-0.2, -0.15) is 0 Å². The summed E-state index contributed by atoms with van der Waals surface area (Å²) in [6, 6.07) is 11.8. The zero-order chi connectivity index (χ0) is 13.7. The molecule has 19 heavy (non-hydrogen) atoms. The number of benzene rings is 1. The van der Waals surface area contributed by atoms with Gasteiger partial charge in [0.05, 0.1) is 6.54 Å². The van der Waals surface area contributed by atoms with Crippen molar-refractivity contribution in [2.75, 3.05) is 5.32 Å². The average molecular weight is 274 g/mol. The predicted octanol–water partition coefficient (Wildman–Crippen LogP) is 3.17. The first kappa shape index (κ1) is 13.6. The smallest absolute Gasteiger partial charge is 0.242 e. The van der Waals surface area contributed by atoms with Crippen LogP contribution >= 0.6 is 11.3 Å². The molecule has 1 heterocycles. The highest BCUT2D eigenvalue weighted by atomic mass is 32.1. The molecular formula is C15H18N2OS. The summed E-state index contributed by atoms with van der Waals surface area (Å²) in [5.74, 6) is 0.00917. The Morgan fingerprint density at radius 1 is 1.32 bits per heavy atom. The van der Waals surface area contributed by atoms with E-state index < -0.39 is 0 Å². The van der Waals surface area contributed by atoms with E-state index in [1.54, 1.807) is 11.3 Å². The third-order valence-electron chi connectivity index (χ3n) is 2.81. The molecule has 2 aromatic rings. The molecule has 1 aromatic heterocycles. The van der Waals surface area contributed by atoms with Crippen LogP contribution in [0.25, 0.3) is 0 Å². The van der Waals surface area contributed by atoms with E-state index >= 15 is 0 Å². The minimum Gasteiger partial charge on any atom is -0.374 e. The first-order valence-electron chi connectivity index (χ1n) is 6.28. The van der Waals surface area contributed by atoms with Crippen LogP contribution in [0, 0.1) is 6.92 Å². The fraction of sp³-hybridized carbons (Fsp3) is 0.267. The topological polar surface area (TPSA) is 41.1 Å². The minimum absolute atomic E-state index is 0.00917. The number of aryl methyl sites for hydroxylation is 1. The number of nitrogens with one attached hydrogen (secondary N) is 2. The molecule has 100 valence electrons. The van der Waals surface area contributed by atoms with E-state index in [0.717, 1.165) is 10.6 Å². The van der Waals surface area contributed by atoms with Gasteiger partial charge in [-0.1, -0.05) is 18.2 Å². The fourth-order valence-electron chi connectivity index (χ4n) is 1.79. The Kier molecular flexibility index (Phi) is 4.58. The van der Waals surface area contributed by atoms with Gasteiger partial charge in [-0.3, -0.25) is 4.79 Å². The monoisotopic (exact) mass is 274 g/mol. The molecule has 3 nitrogen and oxygen atoms in total. The van der Waals surface area contributed by atoms with Crippen molar-refractivity contribution in [2.45, 2.75) is 26.4 Å². The van der Waals surface area contributed by atoms with Crippen molar-refractivity contribution in [1.29, 1.82) is 0 Å². The Labute approximate surface area is 117 Å². The molecule has 2 rings (SSSR count). The average Bonchev–Trinajstić information content (AvgIpc) is 2.89. The summed E-state index contributed by atoms with van der Waals surface area (Å²) in [5.41, 5.74) is 2.15. The second-order valence-corrected chi connectivity index (χ2v) is 5.56. The molecule has 0 spiro atoms. The summed E-state index contributed by atoms with van der Waals surface area (Å²) in [6.45, 7) is 4.50. The Bertz CT molecular complexity index is 537. The second-order valence-electron chi connectivity index (χ2n) is 4.53. The highest BCUT2D eigenvalue weighted by molar-refractivity contribution is 7.09. The molecule has 1 atom stereocenters. The molecule has 0 saturated heterocycles. The van der Waals surface area contributed by atoms with Crippen molar-refractivity contribution >= 4 is 22.9 Å². The van der Waals surface area contributed by atoms with Crippen molar-refractivity contribution in [3.8, 4) is 0 Å². The third-order valence-corrected chi connectivity index (χ3v) is 3.69. The summed E-state index contributed by atoms with van der Waals surface area (Å²) >= 11 is 1.65. The molecule has 2 N–H and O–H groups in total. The highest BCUT2D eigenvalue weighted by Gasteiger charge is 2.12. The summed E-state index contributed by atoms with van der Waals surface area (Å²) in [7, 11) is 0. The van der Waals surface area contributed by atoms with E-state index in [9.17, 15) is 4.79 Å². The number of carbonyl (C=O) groups is 1. The molecule has 0 bridgehead atoms. The van der Waals surface area contributed by atoms with Crippen LogP contribution in [0.15, 0.2) is 41.8 Å². The van der Waals surface area contributed by atoms with Crippen LogP contribution in [0.2, 0.25) is 0 Å². The zero-order valence-corrected chi connectivity index (χ0v) is 12.0. The first-order chi connectivity index (χ1) is 9.15. The number of rotatable bonds is 5. The number of amides is 1. The van der Waals surface area contributed by atoms with Gasteiger partial charge in [-0.25, -0.2) is 0 Å². The lowest BCUT2D eigenvalue weighted by atomic mass is 10.2. The number of anilines is 1. The van der Waals surface area contributed by atoms with Gasteiger partial charge in [-0.15, -0.1) is 11.3 Å². The Morgan fingerprint density at radius 3 is 2.84 bits per heavy atom. The van der Waals surface area contributed by atoms with Gasteiger partial charge < -0.3 is 10.6 Å². The van der Waals surface area contributed by atoms with E-state index in [2.05, 4.69) is 10.6 Å². The molecule has 1 aromatic carbocycles. The molecule has 0 aliphatic heterocycles. The Hall–Kier alpha value is -1.81. The predicted molar refractivity (Wildman–Crippen MR) is 80.4 cm³/mol. The number of hydrogen-bond acceptors (Lipinski definition) is 3. The second kappa shape index (κ2) is 6.38. The van der Waals surface area contributed by atoms with Crippen molar-refractivity contribution in [2.24, 2.45) is 0 Å². The summed E-state index contributed by atoms with van der Waals surface area (Å²) < 4.78 is 0. The van der Waals surface area contributed by atoms with E-state index in [1.807, 2.05) is 55.6 Å². The van der Waals surface area contributed by atoms with Gasteiger partial charge in [0.25, 0.3) is 0 Å². The normalized spacial score (nSPS) is 11.9. The lowest BCUT2D eigenvalue weighted by molar-refractivity contribution is -0.121. The zero-order valence-electron chi connectivity index (χ0n) is 11.1. The van der Waals surface area contributed by atoms with E-state index in [1.165, 1.54) is 5.56 Å². The SMILES string of the molecule is Cc1cccc(NC(C)C(=O)NCc2cccs2)c1. The molecule has 1 unspecified atom stereocenters. The van der Waals surface area contributed by atoms with Gasteiger partial charge >= 0.3 is 0 Å². The van der Waals surface area contributed by atoms with Crippen LogP contribution in [0.1, 0.15) is 17.4 Å². The van der Waals surface area contributed by atoms with Crippen molar-refractivity contribution in [3.05, 3.63) is 52.2 Å². The maximum Gasteiger partial charge on any atom is 0.242 e. The molecular weight excluding hydrogens is 256 g/mol. The van der Waals surface area contributed by atoms with Crippen LogP contribution in [0.5, 0.6) is 0 Å². The summed E-state index contributed by atoms with van der Waals surface area (Å²) in [5, 5.41) is 8.14. The van der Waals surface area contributed by atoms with Gasteiger partial charge in [0.1, 0.15) is 6.04 Å². The third kappa shape index (κ3) is 4.10. The molecule has 1 amide bonds. The minimum atomic E-state index is -0.248. The van der Waals surface area contributed by atoms with Crippen molar-refractivity contribution in [3.63, 3.8) is 0 Å². The number of carbonyl (C=O) groups excluding carboxylic acids is 1. The quantitative estimate of drug-likeness (QED) is 0.879. The maximum absolute atomic E-state index is 12.0.